The second-order valence-corrected chi connectivity index (χ2v) is 9.15. The molecule has 0 unspecified atom stereocenters. The minimum absolute atomic E-state index is 0.126. The van der Waals surface area contributed by atoms with Crippen molar-refractivity contribution in [2.24, 2.45) is 0 Å². The summed E-state index contributed by atoms with van der Waals surface area (Å²) in [5.74, 6) is 1.68. The SMILES string of the molecule is COc1cccc(NC(=O)CSc2nnc(NC(=O)CSCc3ccccc3)s2)c1. The fourth-order valence-electron chi connectivity index (χ4n) is 2.33. The molecule has 0 aliphatic heterocycles. The minimum atomic E-state index is -0.161. The summed E-state index contributed by atoms with van der Waals surface area (Å²) in [7, 11) is 1.57. The molecule has 7 nitrogen and oxygen atoms in total. The molecule has 1 heterocycles. The molecule has 0 fully saturated rings. The Morgan fingerprint density at radius 3 is 2.60 bits per heavy atom. The molecule has 2 amide bonds. The van der Waals surface area contributed by atoms with E-state index in [0.29, 0.717) is 26.7 Å². The van der Waals surface area contributed by atoms with E-state index in [1.807, 2.05) is 36.4 Å². The first kappa shape index (κ1) is 22.1. The van der Waals surface area contributed by atoms with Crippen LogP contribution in [0.2, 0.25) is 0 Å². The van der Waals surface area contributed by atoms with E-state index in [-0.39, 0.29) is 17.6 Å². The van der Waals surface area contributed by atoms with Crippen LogP contribution in [-0.4, -0.2) is 40.6 Å². The van der Waals surface area contributed by atoms with Crippen LogP contribution < -0.4 is 15.4 Å². The van der Waals surface area contributed by atoms with E-state index in [2.05, 4.69) is 20.8 Å². The summed E-state index contributed by atoms with van der Waals surface area (Å²) in [6.07, 6.45) is 0. The van der Waals surface area contributed by atoms with Gasteiger partial charge in [0.1, 0.15) is 5.75 Å². The van der Waals surface area contributed by atoms with Crippen LogP contribution in [0, 0.1) is 0 Å². The van der Waals surface area contributed by atoms with Crippen LogP contribution >= 0.6 is 34.9 Å². The Morgan fingerprint density at radius 2 is 1.80 bits per heavy atom. The van der Waals surface area contributed by atoms with Gasteiger partial charge in [-0.1, -0.05) is 59.5 Å². The van der Waals surface area contributed by atoms with Gasteiger partial charge < -0.3 is 10.1 Å². The third-order valence-corrected chi connectivity index (χ3v) is 6.65. The molecule has 0 bridgehead atoms. The zero-order valence-electron chi connectivity index (χ0n) is 16.2. The molecule has 1 aromatic heterocycles. The van der Waals surface area contributed by atoms with Crippen molar-refractivity contribution in [2.45, 2.75) is 10.1 Å². The summed E-state index contributed by atoms with van der Waals surface area (Å²) >= 11 is 4.05. The predicted octanol–water partition coefficient (Wildman–Crippen LogP) is 4.15. The lowest BCUT2D eigenvalue weighted by atomic mass is 10.2. The Balaban J connectivity index is 1.38. The first-order chi connectivity index (χ1) is 14.6. The van der Waals surface area contributed by atoms with Crippen molar-refractivity contribution >= 4 is 57.5 Å². The molecule has 3 aromatic rings. The second kappa shape index (κ2) is 11.6. The molecule has 0 atom stereocenters. The highest BCUT2D eigenvalue weighted by Crippen LogP contribution is 2.26. The number of carbonyl (C=O) groups is 2. The van der Waals surface area contributed by atoms with E-state index in [1.165, 1.54) is 40.4 Å². The van der Waals surface area contributed by atoms with Gasteiger partial charge in [-0.2, -0.15) is 0 Å². The summed E-state index contributed by atoms with van der Waals surface area (Å²) in [5, 5.41) is 14.0. The largest absolute Gasteiger partial charge is 0.497 e. The maximum Gasteiger partial charge on any atom is 0.236 e. The number of nitrogens with one attached hydrogen (secondary N) is 2. The number of thioether (sulfide) groups is 2. The molecule has 2 aromatic carbocycles. The summed E-state index contributed by atoms with van der Waals surface area (Å²) in [4.78, 5) is 24.2. The monoisotopic (exact) mass is 460 g/mol. The summed E-state index contributed by atoms with van der Waals surface area (Å²) in [6, 6.07) is 17.1. The topological polar surface area (TPSA) is 93.2 Å². The van der Waals surface area contributed by atoms with Crippen LogP contribution in [0.5, 0.6) is 5.75 Å². The molecule has 30 heavy (non-hydrogen) atoms. The minimum Gasteiger partial charge on any atom is -0.497 e. The summed E-state index contributed by atoms with van der Waals surface area (Å²) in [5.41, 5.74) is 1.84. The highest BCUT2D eigenvalue weighted by Gasteiger charge is 2.11. The zero-order chi connectivity index (χ0) is 21.2. The first-order valence-corrected chi connectivity index (χ1v) is 11.9. The molecule has 0 aliphatic carbocycles. The molecule has 0 radical (unpaired) electrons. The van der Waals surface area contributed by atoms with Gasteiger partial charge in [-0.3, -0.25) is 14.9 Å². The smallest absolute Gasteiger partial charge is 0.236 e. The van der Waals surface area contributed by atoms with E-state index in [1.54, 1.807) is 25.3 Å². The van der Waals surface area contributed by atoms with Crippen molar-refractivity contribution < 1.29 is 14.3 Å². The summed E-state index contributed by atoms with van der Waals surface area (Å²) in [6.45, 7) is 0. The van der Waals surface area contributed by atoms with Crippen molar-refractivity contribution in [3.63, 3.8) is 0 Å². The number of nitrogens with zero attached hydrogens (tertiary/aromatic N) is 2. The number of hydrogen-bond acceptors (Lipinski definition) is 8. The molecule has 10 heteroatoms. The highest BCUT2D eigenvalue weighted by atomic mass is 32.2. The molecule has 0 saturated heterocycles. The van der Waals surface area contributed by atoms with Gasteiger partial charge in [0.25, 0.3) is 0 Å². The second-order valence-electron chi connectivity index (χ2n) is 5.97. The number of rotatable bonds is 10. The maximum atomic E-state index is 12.1. The average molecular weight is 461 g/mol. The van der Waals surface area contributed by atoms with Gasteiger partial charge in [-0.25, -0.2) is 0 Å². The van der Waals surface area contributed by atoms with Crippen molar-refractivity contribution in [1.29, 1.82) is 0 Å². The van der Waals surface area contributed by atoms with Crippen LogP contribution in [-0.2, 0) is 15.3 Å². The lowest BCUT2D eigenvalue weighted by Crippen LogP contribution is -2.14. The Hall–Kier alpha value is -2.56. The lowest BCUT2D eigenvalue weighted by molar-refractivity contribution is -0.114. The Morgan fingerprint density at radius 1 is 1.00 bits per heavy atom. The maximum absolute atomic E-state index is 12.1. The molecular formula is C20H20N4O3S3. The predicted molar refractivity (Wildman–Crippen MR) is 123 cm³/mol. The number of ether oxygens (including phenoxy) is 1. The Bertz CT molecular complexity index is 982. The van der Waals surface area contributed by atoms with Crippen molar-refractivity contribution in [3.8, 4) is 5.75 Å². The molecule has 0 aliphatic rings. The van der Waals surface area contributed by atoms with Gasteiger partial charge in [0.05, 0.1) is 18.6 Å². The number of anilines is 2. The summed E-state index contributed by atoms with van der Waals surface area (Å²) < 4.78 is 5.75. The molecular weight excluding hydrogens is 440 g/mol. The van der Waals surface area contributed by atoms with Crippen LogP contribution in [0.15, 0.2) is 58.9 Å². The van der Waals surface area contributed by atoms with Crippen LogP contribution in [0.25, 0.3) is 0 Å². The van der Waals surface area contributed by atoms with Crippen LogP contribution in [0.3, 0.4) is 0 Å². The number of methoxy groups -OCH3 is 1. The van der Waals surface area contributed by atoms with Gasteiger partial charge in [0.15, 0.2) is 4.34 Å². The third kappa shape index (κ3) is 7.36. The number of carbonyl (C=O) groups excluding carboxylic acids is 2. The van der Waals surface area contributed by atoms with Crippen LogP contribution in [0.4, 0.5) is 10.8 Å². The van der Waals surface area contributed by atoms with Gasteiger partial charge in [0.2, 0.25) is 16.9 Å². The standard InChI is InChI=1S/C20H20N4O3S3/c1-27-16-9-5-8-15(10-16)21-18(26)13-29-20-24-23-19(30-20)22-17(25)12-28-11-14-6-3-2-4-7-14/h2-10H,11-13H2,1H3,(H,21,26)(H,22,23,25). The fraction of sp³-hybridized carbons (Fsp3) is 0.200. The quantitative estimate of drug-likeness (QED) is 0.347. The molecule has 0 saturated carbocycles. The van der Waals surface area contributed by atoms with Crippen molar-refractivity contribution in [3.05, 3.63) is 60.2 Å². The van der Waals surface area contributed by atoms with Crippen LogP contribution in [0.1, 0.15) is 5.56 Å². The van der Waals surface area contributed by atoms with Crippen molar-refractivity contribution in [2.75, 3.05) is 29.2 Å². The molecule has 156 valence electrons. The van der Waals surface area contributed by atoms with Gasteiger partial charge in [-0.15, -0.1) is 22.0 Å². The third-order valence-electron chi connectivity index (χ3n) is 3.68. The first-order valence-electron chi connectivity index (χ1n) is 8.94. The molecule has 0 spiro atoms. The van der Waals surface area contributed by atoms with E-state index in [9.17, 15) is 9.59 Å². The number of amides is 2. The zero-order valence-corrected chi connectivity index (χ0v) is 18.6. The van der Waals surface area contributed by atoms with Gasteiger partial charge in [0, 0.05) is 17.5 Å². The Labute approximate surface area is 187 Å². The average Bonchev–Trinajstić information content (AvgIpc) is 3.20. The lowest BCUT2D eigenvalue weighted by Gasteiger charge is -2.06. The van der Waals surface area contributed by atoms with Gasteiger partial charge in [-0.05, 0) is 17.7 Å². The number of hydrogen-bond donors (Lipinski definition) is 2. The normalized spacial score (nSPS) is 10.4. The van der Waals surface area contributed by atoms with E-state index in [0.717, 1.165) is 5.75 Å². The van der Waals surface area contributed by atoms with E-state index < -0.39 is 0 Å². The van der Waals surface area contributed by atoms with E-state index in [4.69, 9.17) is 4.74 Å². The number of aromatic nitrogens is 2. The van der Waals surface area contributed by atoms with Gasteiger partial charge >= 0.3 is 0 Å². The molecule has 2 N–H and O–H groups in total. The molecule has 3 rings (SSSR count). The number of benzene rings is 2. The van der Waals surface area contributed by atoms with E-state index >= 15 is 0 Å². The fourth-order valence-corrected chi connectivity index (χ4v) is 4.69. The van der Waals surface area contributed by atoms with Crippen molar-refractivity contribution in [1.82, 2.24) is 10.2 Å². The Kier molecular flexibility index (Phi) is 8.54. The highest BCUT2D eigenvalue weighted by molar-refractivity contribution is 8.01.